The number of nitrogens with zero attached hydrogens (tertiary/aromatic N) is 2. The molecule has 0 bridgehead atoms. The smallest absolute Gasteiger partial charge is 0.187 e. The Labute approximate surface area is 102 Å². The van der Waals surface area contributed by atoms with Gasteiger partial charge < -0.3 is 4.57 Å². The molecule has 4 heteroatoms. The van der Waals surface area contributed by atoms with Crippen LogP contribution in [0.4, 0.5) is 0 Å². The molecular weight excluding hydrogens is 268 g/mol. The van der Waals surface area contributed by atoms with Gasteiger partial charge in [0.25, 0.3) is 0 Å². The predicted molar refractivity (Wildman–Crippen MR) is 66.0 cm³/mol. The van der Waals surface area contributed by atoms with Gasteiger partial charge in [0.2, 0.25) is 0 Å². The van der Waals surface area contributed by atoms with Crippen LogP contribution in [0.3, 0.4) is 0 Å². The molecule has 0 unspecified atom stereocenters. The summed E-state index contributed by atoms with van der Waals surface area (Å²) < 4.78 is 2.68. The van der Waals surface area contributed by atoms with Crippen molar-refractivity contribution >= 4 is 27.9 Å². The molecule has 0 aliphatic rings. The maximum atomic E-state index is 11.7. The first-order chi connectivity index (χ1) is 7.75. The van der Waals surface area contributed by atoms with Gasteiger partial charge in [-0.25, -0.2) is 4.98 Å². The number of hydrogen-bond donors (Lipinski definition) is 0. The van der Waals surface area contributed by atoms with Crippen LogP contribution >= 0.6 is 15.9 Å². The number of carbonyl (C=O) groups is 1. The van der Waals surface area contributed by atoms with Crippen molar-refractivity contribution in [2.24, 2.45) is 0 Å². The van der Waals surface area contributed by atoms with E-state index in [-0.39, 0.29) is 5.78 Å². The molecule has 0 saturated heterocycles. The van der Waals surface area contributed by atoms with E-state index in [1.807, 2.05) is 12.1 Å². The maximum Gasteiger partial charge on any atom is 0.187 e. The highest BCUT2D eigenvalue weighted by molar-refractivity contribution is 9.10. The number of halogens is 1. The number of ketones is 1. The van der Waals surface area contributed by atoms with Gasteiger partial charge in [-0.2, -0.15) is 0 Å². The molecule has 1 aromatic heterocycles. The second-order valence-electron chi connectivity index (χ2n) is 3.20. The van der Waals surface area contributed by atoms with Crippen molar-refractivity contribution in [3.05, 3.63) is 59.1 Å². The lowest BCUT2D eigenvalue weighted by Gasteiger charge is -1.96. The lowest BCUT2D eigenvalue weighted by Crippen LogP contribution is -1.94. The molecule has 16 heavy (non-hydrogen) atoms. The van der Waals surface area contributed by atoms with Crippen LogP contribution in [-0.2, 0) is 0 Å². The average molecular weight is 277 g/mol. The van der Waals surface area contributed by atoms with Crippen molar-refractivity contribution in [2.45, 2.75) is 0 Å². The van der Waals surface area contributed by atoms with Crippen LogP contribution in [0.1, 0.15) is 10.4 Å². The number of imidazole rings is 1. The van der Waals surface area contributed by atoms with Gasteiger partial charge in [-0.3, -0.25) is 4.79 Å². The molecule has 0 aliphatic heterocycles. The van der Waals surface area contributed by atoms with Gasteiger partial charge in [-0.05, 0) is 24.3 Å². The summed E-state index contributed by atoms with van der Waals surface area (Å²) in [5.74, 6) is -0.0267. The molecule has 0 fully saturated rings. The van der Waals surface area contributed by atoms with Gasteiger partial charge in [-0.15, -0.1) is 0 Å². The Balaban J connectivity index is 2.11. The Morgan fingerprint density at radius 1 is 1.31 bits per heavy atom. The molecule has 2 rings (SSSR count). The Bertz CT molecular complexity index is 500. The lowest BCUT2D eigenvalue weighted by molar-refractivity contribution is 0.104. The number of benzene rings is 1. The normalized spacial score (nSPS) is 10.8. The Kier molecular flexibility index (Phi) is 3.31. The molecular formula is C12H9BrN2O. The summed E-state index contributed by atoms with van der Waals surface area (Å²) in [7, 11) is 0. The van der Waals surface area contributed by atoms with Crippen molar-refractivity contribution in [1.29, 1.82) is 0 Å². The zero-order chi connectivity index (χ0) is 11.4. The zero-order valence-electron chi connectivity index (χ0n) is 8.38. The van der Waals surface area contributed by atoms with Crippen molar-refractivity contribution in [1.82, 2.24) is 9.55 Å². The first kappa shape index (κ1) is 10.8. The molecule has 0 aliphatic carbocycles. The van der Waals surface area contributed by atoms with Crippen LogP contribution < -0.4 is 0 Å². The minimum absolute atomic E-state index is 0.0267. The largest absolute Gasteiger partial charge is 0.313 e. The summed E-state index contributed by atoms with van der Waals surface area (Å²) in [6.07, 6.45) is 8.26. The van der Waals surface area contributed by atoms with E-state index >= 15 is 0 Å². The number of aromatic nitrogens is 2. The number of hydrogen-bond acceptors (Lipinski definition) is 2. The average Bonchev–Trinajstić information content (AvgIpc) is 2.80. The van der Waals surface area contributed by atoms with Gasteiger partial charge in [0.1, 0.15) is 0 Å². The van der Waals surface area contributed by atoms with E-state index < -0.39 is 0 Å². The lowest BCUT2D eigenvalue weighted by atomic mass is 10.1. The second-order valence-corrected chi connectivity index (χ2v) is 4.11. The third-order valence-electron chi connectivity index (χ3n) is 2.05. The molecule has 0 saturated carbocycles. The van der Waals surface area contributed by atoms with E-state index in [4.69, 9.17) is 0 Å². The zero-order valence-corrected chi connectivity index (χ0v) is 9.96. The highest BCUT2D eigenvalue weighted by Gasteiger charge is 2.00. The SMILES string of the molecule is O=C(C=Cn1ccnc1)c1ccc(Br)cc1. The summed E-state index contributed by atoms with van der Waals surface area (Å²) in [6.45, 7) is 0. The molecule has 1 aromatic carbocycles. The summed E-state index contributed by atoms with van der Waals surface area (Å²) >= 11 is 3.32. The summed E-state index contributed by atoms with van der Waals surface area (Å²) in [5, 5.41) is 0. The van der Waals surface area contributed by atoms with E-state index in [2.05, 4.69) is 20.9 Å². The molecule has 0 atom stereocenters. The van der Waals surface area contributed by atoms with Gasteiger partial charge >= 0.3 is 0 Å². The molecule has 0 radical (unpaired) electrons. The van der Waals surface area contributed by atoms with Crippen molar-refractivity contribution in [3.8, 4) is 0 Å². The Hall–Kier alpha value is -1.68. The Morgan fingerprint density at radius 3 is 2.69 bits per heavy atom. The van der Waals surface area contributed by atoms with Crippen molar-refractivity contribution in [3.63, 3.8) is 0 Å². The van der Waals surface area contributed by atoms with Crippen LogP contribution in [0.25, 0.3) is 6.20 Å². The molecule has 3 nitrogen and oxygen atoms in total. The highest BCUT2D eigenvalue weighted by atomic mass is 79.9. The van der Waals surface area contributed by atoms with E-state index in [1.165, 1.54) is 6.08 Å². The summed E-state index contributed by atoms with van der Waals surface area (Å²) in [5.41, 5.74) is 0.666. The van der Waals surface area contributed by atoms with Gasteiger partial charge in [0, 0.05) is 34.7 Å². The summed E-state index contributed by atoms with van der Waals surface area (Å²) in [6, 6.07) is 7.26. The van der Waals surface area contributed by atoms with Crippen LogP contribution in [0.5, 0.6) is 0 Å². The van der Waals surface area contributed by atoms with Crippen LogP contribution in [0.2, 0.25) is 0 Å². The van der Waals surface area contributed by atoms with Crippen LogP contribution in [-0.4, -0.2) is 15.3 Å². The predicted octanol–water partition coefficient (Wildman–Crippen LogP) is 3.00. The first-order valence-electron chi connectivity index (χ1n) is 4.71. The fraction of sp³-hybridized carbons (Fsp3) is 0. The molecule has 2 aromatic rings. The molecule has 80 valence electrons. The van der Waals surface area contributed by atoms with Crippen LogP contribution in [0.15, 0.2) is 53.5 Å². The van der Waals surface area contributed by atoms with E-state index in [1.54, 1.807) is 41.6 Å². The van der Waals surface area contributed by atoms with Crippen LogP contribution in [0, 0.1) is 0 Å². The van der Waals surface area contributed by atoms with Crippen molar-refractivity contribution in [2.75, 3.05) is 0 Å². The second kappa shape index (κ2) is 4.90. The van der Waals surface area contributed by atoms with E-state index in [9.17, 15) is 4.79 Å². The molecule has 0 spiro atoms. The first-order valence-corrected chi connectivity index (χ1v) is 5.50. The fourth-order valence-corrected chi connectivity index (χ4v) is 1.49. The molecule has 0 N–H and O–H groups in total. The third-order valence-corrected chi connectivity index (χ3v) is 2.58. The third kappa shape index (κ3) is 2.67. The minimum atomic E-state index is -0.0267. The van der Waals surface area contributed by atoms with Gasteiger partial charge in [0.15, 0.2) is 5.78 Å². The van der Waals surface area contributed by atoms with E-state index in [0.717, 1.165) is 4.47 Å². The monoisotopic (exact) mass is 276 g/mol. The molecule has 0 amide bonds. The van der Waals surface area contributed by atoms with E-state index in [0.29, 0.717) is 5.56 Å². The van der Waals surface area contributed by atoms with Crippen molar-refractivity contribution < 1.29 is 4.79 Å². The number of rotatable bonds is 3. The van der Waals surface area contributed by atoms with Gasteiger partial charge in [0.05, 0.1) is 6.33 Å². The maximum absolute atomic E-state index is 11.7. The minimum Gasteiger partial charge on any atom is -0.313 e. The Morgan fingerprint density at radius 2 is 2.06 bits per heavy atom. The number of allylic oxidation sites excluding steroid dienone is 1. The standard InChI is InChI=1S/C12H9BrN2O/c13-11-3-1-10(2-4-11)12(16)5-7-15-8-6-14-9-15/h1-9H. The fourth-order valence-electron chi connectivity index (χ4n) is 1.22. The topological polar surface area (TPSA) is 34.9 Å². The summed E-state index contributed by atoms with van der Waals surface area (Å²) in [4.78, 5) is 15.6. The highest BCUT2D eigenvalue weighted by Crippen LogP contribution is 2.11. The van der Waals surface area contributed by atoms with Gasteiger partial charge in [-0.1, -0.05) is 15.9 Å². The number of carbonyl (C=O) groups excluding carboxylic acids is 1. The quantitative estimate of drug-likeness (QED) is 0.638. The molecule has 1 heterocycles.